The molecule has 0 fully saturated rings. The van der Waals surface area contributed by atoms with Gasteiger partial charge in [0.25, 0.3) is 5.56 Å². The van der Waals surface area contributed by atoms with E-state index in [9.17, 15) is 22.4 Å². The zero-order valence-corrected chi connectivity index (χ0v) is 16.2. The smallest absolute Gasteiger partial charge is 0.274 e. The number of halogens is 4. The highest BCUT2D eigenvalue weighted by Crippen LogP contribution is 2.30. The molecular formula is C21H16F4N4O2. The minimum absolute atomic E-state index is 0.0122. The first kappa shape index (κ1) is 20.5. The van der Waals surface area contributed by atoms with Gasteiger partial charge in [0.2, 0.25) is 5.82 Å². The van der Waals surface area contributed by atoms with Crippen LogP contribution < -0.4 is 15.6 Å². The fraction of sp³-hybridized carbons (Fsp3) is 0.143. The number of H-pyrrole nitrogens is 1. The number of hydrogen-bond acceptors (Lipinski definition) is 4. The van der Waals surface area contributed by atoms with E-state index in [1.165, 1.54) is 4.57 Å². The van der Waals surface area contributed by atoms with Crippen LogP contribution in [0.5, 0.6) is 5.75 Å². The molecule has 2 N–H and O–H groups in total. The first-order valence-corrected chi connectivity index (χ1v) is 9.18. The number of benzene rings is 2. The largest absolute Gasteiger partial charge is 0.483 e. The van der Waals surface area contributed by atoms with Crippen LogP contribution in [0.15, 0.2) is 47.4 Å². The molecule has 0 aliphatic rings. The molecule has 4 rings (SSSR count). The molecular weight excluding hydrogens is 416 g/mol. The second kappa shape index (κ2) is 8.13. The number of nitrogens with zero attached hydrogens (tertiary/aromatic N) is 2. The van der Waals surface area contributed by atoms with E-state index in [-0.39, 0.29) is 34.5 Å². The number of anilines is 1. The van der Waals surface area contributed by atoms with Gasteiger partial charge >= 0.3 is 0 Å². The molecule has 31 heavy (non-hydrogen) atoms. The van der Waals surface area contributed by atoms with Crippen LogP contribution in [-0.2, 0) is 13.2 Å². The van der Waals surface area contributed by atoms with Crippen molar-refractivity contribution in [1.82, 2.24) is 14.5 Å². The molecule has 0 amide bonds. The second-order valence-electron chi connectivity index (χ2n) is 6.71. The fourth-order valence-electron chi connectivity index (χ4n) is 3.13. The van der Waals surface area contributed by atoms with Crippen molar-refractivity contribution in [2.45, 2.75) is 13.2 Å². The highest BCUT2D eigenvalue weighted by Gasteiger charge is 2.20. The van der Waals surface area contributed by atoms with Crippen molar-refractivity contribution in [2.24, 2.45) is 0 Å². The maximum absolute atomic E-state index is 14.4. The van der Waals surface area contributed by atoms with Gasteiger partial charge < -0.3 is 19.6 Å². The number of pyridine rings is 1. The molecule has 2 heterocycles. The Labute approximate surface area is 173 Å². The van der Waals surface area contributed by atoms with Gasteiger partial charge in [-0.2, -0.15) is 4.39 Å². The van der Waals surface area contributed by atoms with Crippen molar-refractivity contribution in [3.05, 3.63) is 87.6 Å². The topological polar surface area (TPSA) is 71.9 Å². The number of nitrogens with one attached hydrogen (secondary N) is 2. The first-order valence-electron chi connectivity index (χ1n) is 9.18. The average molecular weight is 432 g/mol. The highest BCUT2D eigenvalue weighted by atomic mass is 19.2. The minimum Gasteiger partial charge on any atom is -0.483 e. The predicted molar refractivity (Wildman–Crippen MR) is 106 cm³/mol. The quantitative estimate of drug-likeness (QED) is 0.453. The van der Waals surface area contributed by atoms with E-state index in [4.69, 9.17) is 4.74 Å². The molecule has 0 unspecified atom stereocenters. The van der Waals surface area contributed by atoms with Crippen molar-refractivity contribution in [2.75, 3.05) is 12.4 Å². The average Bonchev–Trinajstić information content (AvgIpc) is 3.13. The van der Waals surface area contributed by atoms with E-state index in [2.05, 4.69) is 15.3 Å². The summed E-state index contributed by atoms with van der Waals surface area (Å²) in [4.78, 5) is 19.4. The molecule has 10 heteroatoms. The summed E-state index contributed by atoms with van der Waals surface area (Å²) in [6.07, 6.45) is 1.55. The summed E-state index contributed by atoms with van der Waals surface area (Å²) in [5.41, 5.74) is 0.159. The van der Waals surface area contributed by atoms with Gasteiger partial charge in [-0.05, 0) is 24.3 Å². The van der Waals surface area contributed by atoms with E-state index in [0.717, 1.165) is 18.2 Å². The normalized spacial score (nSPS) is 11.1. The highest BCUT2D eigenvalue weighted by molar-refractivity contribution is 5.82. The third kappa shape index (κ3) is 3.96. The van der Waals surface area contributed by atoms with Crippen LogP contribution in [-0.4, -0.2) is 21.6 Å². The van der Waals surface area contributed by atoms with Gasteiger partial charge in [-0.3, -0.25) is 4.79 Å². The van der Waals surface area contributed by atoms with Crippen molar-refractivity contribution in [1.29, 1.82) is 0 Å². The van der Waals surface area contributed by atoms with Gasteiger partial charge in [-0.15, -0.1) is 0 Å². The molecule has 0 radical (unpaired) electrons. The molecule has 0 bridgehead atoms. The number of aromatic amines is 1. The van der Waals surface area contributed by atoms with Gasteiger partial charge in [0, 0.05) is 30.9 Å². The number of rotatable bonds is 6. The lowest BCUT2D eigenvalue weighted by molar-refractivity contribution is 0.283. The summed E-state index contributed by atoms with van der Waals surface area (Å²) in [5, 5.41) is 2.78. The van der Waals surface area contributed by atoms with Crippen LogP contribution in [0.25, 0.3) is 11.0 Å². The molecule has 0 atom stereocenters. The Bertz CT molecular complexity index is 1330. The standard InChI is InChI=1S/C21H16F4N4O2/c1-26-15-3-2-6-29(21(15)30)9-17-27-16-8-14(24)18(25)20(19(16)28-17)31-10-11-4-5-12(22)7-13(11)23/h2-8,26H,9-10H2,1H3,(H,27,28). The van der Waals surface area contributed by atoms with E-state index < -0.39 is 35.6 Å². The Kier molecular flexibility index (Phi) is 5.37. The summed E-state index contributed by atoms with van der Waals surface area (Å²) < 4.78 is 62.1. The van der Waals surface area contributed by atoms with Gasteiger partial charge in [0.05, 0.1) is 12.1 Å². The van der Waals surface area contributed by atoms with Crippen molar-refractivity contribution < 1.29 is 22.3 Å². The zero-order chi connectivity index (χ0) is 22.1. The van der Waals surface area contributed by atoms with E-state index in [1.54, 1.807) is 25.4 Å². The van der Waals surface area contributed by atoms with Gasteiger partial charge in [-0.1, -0.05) is 0 Å². The minimum atomic E-state index is -1.29. The van der Waals surface area contributed by atoms with Gasteiger partial charge in [-0.25, -0.2) is 18.2 Å². The third-order valence-electron chi connectivity index (χ3n) is 4.67. The number of hydrogen-bond donors (Lipinski definition) is 2. The van der Waals surface area contributed by atoms with E-state index in [0.29, 0.717) is 11.8 Å². The molecule has 2 aromatic heterocycles. The Hall–Kier alpha value is -3.82. The molecule has 0 saturated heterocycles. The zero-order valence-electron chi connectivity index (χ0n) is 16.2. The summed E-state index contributed by atoms with van der Waals surface area (Å²) in [6.45, 7) is -0.453. The third-order valence-corrected chi connectivity index (χ3v) is 4.67. The lowest BCUT2D eigenvalue weighted by Gasteiger charge is -2.09. The maximum Gasteiger partial charge on any atom is 0.274 e. The summed E-state index contributed by atoms with van der Waals surface area (Å²) in [6, 6.07) is 7.04. The Balaban J connectivity index is 1.68. The second-order valence-corrected chi connectivity index (χ2v) is 6.71. The molecule has 0 spiro atoms. The van der Waals surface area contributed by atoms with E-state index in [1.807, 2.05) is 0 Å². The van der Waals surface area contributed by atoms with Crippen LogP contribution in [0.2, 0.25) is 0 Å². The summed E-state index contributed by atoms with van der Waals surface area (Å²) in [7, 11) is 1.61. The fourth-order valence-corrected chi connectivity index (χ4v) is 3.13. The monoisotopic (exact) mass is 432 g/mol. The van der Waals surface area contributed by atoms with Crippen molar-refractivity contribution in [3.63, 3.8) is 0 Å². The molecule has 0 aliphatic heterocycles. The SMILES string of the molecule is CNc1cccn(Cc2nc3c(OCc4ccc(F)cc4F)c(F)c(F)cc3[nH]2)c1=O. The summed E-state index contributed by atoms with van der Waals surface area (Å²) in [5.74, 6) is -4.38. The lowest BCUT2D eigenvalue weighted by atomic mass is 10.2. The summed E-state index contributed by atoms with van der Waals surface area (Å²) >= 11 is 0. The first-order chi connectivity index (χ1) is 14.9. The number of fused-ring (bicyclic) bond motifs is 1. The Morgan fingerprint density at radius 2 is 1.94 bits per heavy atom. The van der Waals surface area contributed by atoms with Crippen LogP contribution in [0, 0.1) is 23.3 Å². The molecule has 6 nitrogen and oxygen atoms in total. The Morgan fingerprint density at radius 3 is 2.68 bits per heavy atom. The number of ether oxygens (including phenoxy) is 1. The Morgan fingerprint density at radius 1 is 1.13 bits per heavy atom. The van der Waals surface area contributed by atoms with E-state index >= 15 is 0 Å². The molecule has 4 aromatic rings. The van der Waals surface area contributed by atoms with Gasteiger partial charge in [0.15, 0.2) is 11.6 Å². The molecule has 2 aromatic carbocycles. The molecule has 0 saturated carbocycles. The van der Waals surface area contributed by atoms with Gasteiger partial charge in [0.1, 0.15) is 35.3 Å². The van der Waals surface area contributed by atoms with Crippen LogP contribution in [0.1, 0.15) is 11.4 Å². The number of imidazole rings is 1. The van der Waals surface area contributed by atoms with Crippen LogP contribution >= 0.6 is 0 Å². The number of aromatic nitrogens is 3. The lowest BCUT2D eigenvalue weighted by Crippen LogP contribution is -2.22. The molecule has 0 aliphatic carbocycles. The van der Waals surface area contributed by atoms with Crippen LogP contribution in [0.4, 0.5) is 23.2 Å². The van der Waals surface area contributed by atoms with Crippen molar-refractivity contribution in [3.8, 4) is 5.75 Å². The predicted octanol–water partition coefficient (Wildman–Crippen LogP) is 3.95. The maximum atomic E-state index is 14.4. The molecule has 160 valence electrons. The van der Waals surface area contributed by atoms with Crippen LogP contribution in [0.3, 0.4) is 0 Å². The van der Waals surface area contributed by atoms with Crippen molar-refractivity contribution >= 4 is 16.7 Å².